The highest BCUT2D eigenvalue weighted by atomic mass is 32.2. The Morgan fingerprint density at radius 3 is 1.97 bits per heavy atom. The molecule has 1 saturated carbocycles. The van der Waals surface area contributed by atoms with Crippen molar-refractivity contribution in [2.45, 2.75) is 62.8 Å². The predicted octanol–water partition coefficient (Wildman–Crippen LogP) is 6.75. The number of alkyl halides is 3. The van der Waals surface area contributed by atoms with Gasteiger partial charge >= 0.3 is 15.6 Å². The molecule has 33 heavy (non-hydrogen) atoms. The fourth-order valence-corrected chi connectivity index (χ4v) is 4.66. The van der Waals surface area contributed by atoms with Gasteiger partial charge in [-0.1, -0.05) is 67.1 Å². The molecule has 178 valence electrons. The van der Waals surface area contributed by atoms with E-state index in [2.05, 4.69) is 16.3 Å². The van der Waals surface area contributed by atoms with Crippen LogP contribution < -0.4 is 0 Å². The lowest BCUT2D eigenvalue weighted by atomic mass is 9.83. The highest BCUT2D eigenvalue weighted by Crippen LogP contribution is 2.36. The third-order valence-electron chi connectivity index (χ3n) is 5.79. The number of carbonyl (C=O) groups excluding carboxylic acids is 1. The van der Waals surface area contributed by atoms with Gasteiger partial charge in [0.15, 0.2) is 0 Å². The van der Waals surface area contributed by atoms with E-state index in [1.54, 1.807) is 30.3 Å². The zero-order valence-corrected chi connectivity index (χ0v) is 19.0. The molecule has 1 atom stereocenters. The number of ketones is 1. The number of carbonyl (C=O) groups is 1. The largest absolute Gasteiger partial charge is 0.534 e. The van der Waals surface area contributed by atoms with Crippen LogP contribution in [-0.2, 0) is 19.1 Å². The number of hydrogen-bond donors (Lipinski definition) is 0. The van der Waals surface area contributed by atoms with Crippen molar-refractivity contribution in [3.05, 3.63) is 77.5 Å². The van der Waals surface area contributed by atoms with Crippen LogP contribution in [0.3, 0.4) is 0 Å². The first kappa shape index (κ1) is 25.0. The molecule has 0 radical (unpaired) electrons. The van der Waals surface area contributed by atoms with E-state index in [1.807, 2.05) is 18.2 Å². The van der Waals surface area contributed by atoms with Crippen molar-refractivity contribution in [2.24, 2.45) is 0 Å². The fourth-order valence-electron chi connectivity index (χ4n) is 4.11. The number of allylic oxidation sites excluding steroid dienone is 2. The molecule has 2 aliphatic rings. The maximum atomic E-state index is 12.4. The van der Waals surface area contributed by atoms with E-state index in [1.165, 1.54) is 12.0 Å². The summed E-state index contributed by atoms with van der Waals surface area (Å²) in [5.41, 5.74) is -2.98. The van der Waals surface area contributed by atoms with Crippen molar-refractivity contribution in [1.82, 2.24) is 0 Å². The highest BCUT2D eigenvalue weighted by molar-refractivity contribution is 7.87. The van der Waals surface area contributed by atoms with Crippen LogP contribution in [0.25, 0.3) is 5.57 Å². The molecule has 0 N–H and O–H groups in total. The van der Waals surface area contributed by atoms with Crippen LogP contribution >= 0.6 is 0 Å². The van der Waals surface area contributed by atoms with Gasteiger partial charge in [-0.05, 0) is 48.8 Å². The number of benzene rings is 2. The first-order chi connectivity index (χ1) is 15.7. The van der Waals surface area contributed by atoms with E-state index in [9.17, 15) is 26.4 Å². The van der Waals surface area contributed by atoms with E-state index >= 15 is 0 Å². The van der Waals surface area contributed by atoms with Crippen molar-refractivity contribution in [3.8, 4) is 0 Å². The van der Waals surface area contributed by atoms with Crippen molar-refractivity contribution >= 4 is 21.5 Å². The van der Waals surface area contributed by atoms with Crippen molar-refractivity contribution in [3.63, 3.8) is 0 Å². The van der Waals surface area contributed by atoms with E-state index in [-0.39, 0.29) is 18.1 Å². The molecule has 0 aliphatic heterocycles. The fraction of sp³-hybridized carbons (Fsp3) is 0.400. The molecule has 2 aliphatic carbocycles. The minimum atomic E-state index is -5.60. The summed E-state index contributed by atoms with van der Waals surface area (Å²) in [5, 5.41) is 0. The van der Waals surface area contributed by atoms with Gasteiger partial charge in [-0.25, -0.2) is 0 Å². The molecule has 0 aromatic heterocycles. The topological polar surface area (TPSA) is 60.4 Å². The second-order valence-electron chi connectivity index (χ2n) is 8.13. The van der Waals surface area contributed by atoms with Gasteiger partial charge in [0, 0.05) is 18.8 Å². The Morgan fingerprint density at radius 2 is 1.36 bits per heavy atom. The Morgan fingerprint density at radius 1 is 0.788 bits per heavy atom. The SMILES string of the molecule is O=C1CCCCC1c1ccccc1.O=S(=O)(OC1=C(c2ccccc2)CCCC1)C(F)(F)F. The molecular formula is C25H27F3O4S. The summed E-state index contributed by atoms with van der Waals surface area (Å²) in [7, 11) is -5.60. The first-order valence-electron chi connectivity index (χ1n) is 11.0. The van der Waals surface area contributed by atoms with Crippen LogP contribution in [-0.4, -0.2) is 19.7 Å². The van der Waals surface area contributed by atoms with Crippen LogP contribution in [0.1, 0.15) is 68.4 Å². The summed E-state index contributed by atoms with van der Waals surface area (Å²) in [6.45, 7) is 0. The van der Waals surface area contributed by atoms with Gasteiger partial charge in [-0.2, -0.15) is 21.6 Å². The second-order valence-corrected chi connectivity index (χ2v) is 9.67. The third kappa shape index (κ3) is 6.69. The van der Waals surface area contributed by atoms with Crippen molar-refractivity contribution < 1.29 is 30.6 Å². The smallest absolute Gasteiger partial charge is 0.380 e. The summed E-state index contributed by atoms with van der Waals surface area (Å²) >= 11 is 0. The normalized spacial score (nSPS) is 19.5. The standard InChI is InChI=1S/C13H13F3O3S.C12H14O/c14-13(15,16)20(17,18)19-12-9-5-4-8-11(12)10-6-2-1-3-7-10;13-12-9-5-4-8-11(12)10-6-2-1-3-7-10/h1-3,6-7H,4-5,8-9H2;1-3,6-7,11H,4-5,8-9H2. The van der Waals surface area contributed by atoms with E-state index in [0.717, 1.165) is 25.7 Å². The van der Waals surface area contributed by atoms with Crippen molar-refractivity contribution in [1.29, 1.82) is 0 Å². The molecule has 1 unspecified atom stereocenters. The van der Waals surface area contributed by atoms with Gasteiger partial charge in [0.2, 0.25) is 0 Å². The number of rotatable bonds is 4. The van der Waals surface area contributed by atoms with Crippen molar-refractivity contribution in [2.75, 3.05) is 0 Å². The minimum Gasteiger partial charge on any atom is -0.380 e. The van der Waals surface area contributed by atoms with Crippen LogP contribution in [0.2, 0.25) is 0 Å². The van der Waals surface area contributed by atoms with Crippen LogP contribution in [0.5, 0.6) is 0 Å². The van der Waals surface area contributed by atoms with Crippen LogP contribution in [0.4, 0.5) is 13.2 Å². The summed E-state index contributed by atoms with van der Waals surface area (Å²) in [6.07, 6.45) is 6.21. The number of hydrogen-bond acceptors (Lipinski definition) is 4. The van der Waals surface area contributed by atoms with Gasteiger partial charge < -0.3 is 4.18 Å². The van der Waals surface area contributed by atoms with Gasteiger partial charge in [0.25, 0.3) is 0 Å². The van der Waals surface area contributed by atoms with Gasteiger partial charge in [-0.15, -0.1) is 0 Å². The van der Waals surface area contributed by atoms with Gasteiger partial charge in [0.1, 0.15) is 11.5 Å². The minimum absolute atomic E-state index is 0.0974. The molecule has 4 nitrogen and oxygen atoms in total. The Hall–Kier alpha value is -2.61. The molecule has 8 heteroatoms. The van der Waals surface area contributed by atoms with Crippen LogP contribution in [0, 0.1) is 0 Å². The quantitative estimate of drug-likeness (QED) is 0.359. The molecule has 0 amide bonds. The second kappa shape index (κ2) is 11.0. The lowest BCUT2D eigenvalue weighted by Gasteiger charge is -2.21. The molecule has 4 rings (SSSR count). The summed E-state index contributed by atoms with van der Waals surface area (Å²) in [4.78, 5) is 11.6. The van der Waals surface area contributed by atoms with E-state index in [0.29, 0.717) is 29.8 Å². The summed E-state index contributed by atoms with van der Waals surface area (Å²) < 4.78 is 63.7. The lowest BCUT2D eigenvalue weighted by molar-refractivity contribution is -0.121. The number of Topliss-reactive ketones (excluding diaryl/α,β-unsaturated/α-hetero) is 1. The Kier molecular flexibility index (Phi) is 8.35. The molecule has 0 bridgehead atoms. The molecule has 0 heterocycles. The maximum Gasteiger partial charge on any atom is 0.534 e. The zero-order valence-electron chi connectivity index (χ0n) is 18.2. The summed E-state index contributed by atoms with van der Waals surface area (Å²) in [6, 6.07) is 18.9. The number of halogens is 3. The molecule has 0 spiro atoms. The first-order valence-corrected chi connectivity index (χ1v) is 12.5. The predicted molar refractivity (Wildman–Crippen MR) is 121 cm³/mol. The van der Waals surface area contributed by atoms with E-state index < -0.39 is 15.6 Å². The monoisotopic (exact) mass is 480 g/mol. The molecule has 1 fully saturated rings. The average Bonchev–Trinajstić information content (AvgIpc) is 2.80. The molecular weight excluding hydrogens is 453 g/mol. The Balaban J connectivity index is 0.000000203. The third-order valence-corrected chi connectivity index (χ3v) is 6.78. The molecule has 2 aromatic rings. The highest BCUT2D eigenvalue weighted by Gasteiger charge is 2.49. The van der Waals surface area contributed by atoms with Crippen LogP contribution in [0.15, 0.2) is 66.4 Å². The Bertz CT molecular complexity index is 1060. The molecule has 0 saturated heterocycles. The lowest BCUT2D eigenvalue weighted by Crippen LogP contribution is -2.26. The molecule has 2 aromatic carbocycles. The van der Waals surface area contributed by atoms with Gasteiger partial charge in [0.05, 0.1) is 0 Å². The Labute approximate surface area is 192 Å². The summed E-state index contributed by atoms with van der Waals surface area (Å²) in [5.74, 6) is 0.521. The zero-order chi connectivity index (χ0) is 23.9. The van der Waals surface area contributed by atoms with E-state index in [4.69, 9.17) is 0 Å². The maximum absolute atomic E-state index is 12.4. The van der Waals surface area contributed by atoms with Gasteiger partial charge in [-0.3, -0.25) is 4.79 Å². The average molecular weight is 481 g/mol.